The molecule has 7 heteroatoms. The summed E-state index contributed by atoms with van der Waals surface area (Å²) in [6.07, 6.45) is 4.08. The van der Waals surface area contributed by atoms with Gasteiger partial charge in [-0.3, -0.25) is 4.90 Å². The highest BCUT2D eigenvalue weighted by Crippen LogP contribution is 2.39. The summed E-state index contributed by atoms with van der Waals surface area (Å²) in [5.74, 6) is -0.718. The molecule has 0 aromatic heterocycles. The zero-order valence-corrected chi connectivity index (χ0v) is 14.8. The van der Waals surface area contributed by atoms with Crippen LogP contribution in [0, 0.1) is 5.82 Å². The molecule has 1 aliphatic carbocycles. The van der Waals surface area contributed by atoms with E-state index in [1.807, 2.05) is 6.92 Å². The number of morpholine rings is 1. The van der Waals surface area contributed by atoms with E-state index in [4.69, 9.17) is 4.74 Å². The van der Waals surface area contributed by atoms with E-state index in [9.17, 15) is 12.8 Å². The largest absolute Gasteiger partial charge is 0.379 e. The predicted octanol–water partition coefficient (Wildman–Crippen LogP) is 2.14. The summed E-state index contributed by atoms with van der Waals surface area (Å²) in [6, 6.07) is 5.22. The van der Waals surface area contributed by atoms with Crippen molar-refractivity contribution in [3.05, 3.63) is 30.1 Å². The Morgan fingerprint density at radius 2 is 1.83 bits per heavy atom. The minimum atomic E-state index is -3.89. The second kappa shape index (κ2) is 7.07. The average Bonchev–Trinajstić information content (AvgIpc) is 3.06. The van der Waals surface area contributed by atoms with Crippen molar-refractivity contribution in [2.75, 3.05) is 26.3 Å². The van der Waals surface area contributed by atoms with Crippen molar-refractivity contribution < 1.29 is 17.5 Å². The van der Waals surface area contributed by atoms with Crippen molar-refractivity contribution in [1.82, 2.24) is 9.62 Å². The standard InChI is InChI=1S/C17H25FN2O3S/c1-14(19-24(21,22)16-7-3-2-6-15(16)18)17(8-4-5-9-17)20-10-12-23-13-11-20/h2-3,6-7,14,19H,4-5,8-13H2,1H3/t14-/m0/s1. The molecule has 1 saturated heterocycles. The second-order valence-corrected chi connectivity index (χ2v) is 8.37. The number of ether oxygens (including phenoxy) is 1. The molecule has 1 aliphatic heterocycles. The molecule has 0 spiro atoms. The van der Waals surface area contributed by atoms with Crippen LogP contribution in [0.4, 0.5) is 4.39 Å². The van der Waals surface area contributed by atoms with Crippen LogP contribution in [0.15, 0.2) is 29.2 Å². The van der Waals surface area contributed by atoms with Crippen molar-refractivity contribution in [3.8, 4) is 0 Å². The smallest absolute Gasteiger partial charge is 0.243 e. The lowest BCUT2D eigenvalue weighted by atomic mass is 9.87. The van der Waals surface area contributed by atoms with E-state index in [0.717, 1.165) is 38.8 Å². The number of benzene rings is 1. The first kappa shape index (κ1) is 17.8. The summed E-state index contributed by atoms with van der Waals surface area (Å²) < 4.78 is 47.4. The number of hydrogen-bond acceptors (Lipinski definition) is 4. The average molecular weight is 356 g/mol. The van der Waals surface area contributed by atoms with E-state index >= 15 is 0 Å². The number of hydrogen-bond donors (Lipinski definition) is 1. The first-order valence-corrected chi connectivity index (χ1v) is 10.0. The lowest BCUT2D eigenvalue weighted by molar-refractivity contribution is -0.0304. The summed E-state index contributed by atoms with van der Waals surface area (Å²) in [5.41, 5.74) is -0.206. The Kier molecular flexibility index (Phi) is 5.24. The van der Waals surface area contributed by atoms with Crippen LogP contribution in [0.5, 0.6) is 0 Å². The number of sulfonamides is 1. The third-order valence-electron chi connectivity index (χ3n) is 5.37. The van der Waals surface area contributed by atoms with E-state index in [2.05, 4.69) is 9.62 Å². The molecule has 1 saturated carbocycles. The van der Waals surface area contributed by atoms with Crippen molar-refractivity contribution >= 4 is 10.0 Å². The number of halogens is 1. The number of nitrogens with one attached hydrogen (secondary N) is 1. The summed E-state index contributed by atoms with van der Waals surface area (Å²) in [4.78, 5) is 2.07. The molecule has 0 bridgehead atoms. The minimum absolute atomic E-state index is 0.206. The maximum atomic E-state index is 13.9. The molecule has 5 nitrogen and oxygen atoms in total. The molecule has 0 amide bonds. The highest BCUT2D eigenvalue weighted by molar-refractivity contribution is 7.89. The lowest BCUT2D eigenvalue weighted by Crippen LogP contribution is -2.62. The molecule has 0 radical (unpaired) electrons. The van der Waals surface area contributed by atoms with Gasteiger partial charge in [-0.2, -0.15) is 0 Å². The number of nitrogens with zero attached hydrogens (tertiary/aromatic N) is 1. The second-order valence-electron chi connectivity index (χ2n) is 6.68. The fourth-order valence-electron chi connectivity index (χ4n) is 4.09. The van der Waals surface area contributed by atoms with Gasteiger partial charge in [-0.25, -0.2) is 17.5 Å². The van der Waals surface area contributed by atoms with Gasteiger partial charge in [0, 0.05) is 24.7 Å². The molecule has 2 aliphatic rings. The highest BCUT2D eigenvalue weighted by Gasteiger charge is 2.45. The van der Waals surface area contributed by atoms with Gasteiger partial charge in [-0.1, -0.05) is 25.0 Å². The van der Waals surface area contributed by atoms with Gasteiger partial charge in [0.1, 0.15) is 10.7 Å². The zero-order chi connectivity index (χ0) is 17.2. The molecule has 1 aromatic carbocycles. The van der Waals surface area contributed by atoms with E-state index in [1.54, 1.807) is 0 Å². The summed E-state index contributed by atoms with van der Waals surface area (Å²) >= 11 is 0. The van der Waals surface area contributed by atoms with Crippen molar-refractivity contribution in [2.24, 2.45) is 0 Å². The Morgan fingerprint density at radius 1 is 1.21 bits per heavy atom. The van der Waals surface area contributed by atoms with E-state index < -0.39 is 15.8 Å². The van der Waals surface area contributed by atoms with Gasteiger partial charge in [-0.05, 0) is 31.9 Å². The maximum Gasteiger partial charge on any atom is 0.243 e. The molecule has 0 unspecified atom stereocenters. The fourth-order valence-corrected chi connectivity index (χ4v) is 5.48. The van der Waals surface area contributed by atoms with Crippen LogP contribution >= 0.6 is 0 Å². The van der Waals surface area contributed by atoms with Gasteiger partial charge >= 0.3 is 0 Å². The van der Waals surface area contributed by atoms with Crippen LogP contribution in [0.1, 0.15) is 32.6 Å². The Bertz CT molecular complexity index is 668. The number of rotatable bonds is 5. The Balaban J connectivity index is 1.83. The molecular weight excluding hydrogens is 331 g/mol. The molecule has 24 heavy (non-hydrogen) atoms. The molecule has 134 valence electrons. The molecular formula is C17H25FN2O3S. The van der Waals surface area contributed by atoms with Crippen LogP contribution in [0.2, 0.25) is 0 Å². The van der Waals surface area contributed by atoms with Crippen molar-refractivity contribution in [1.29, 1.82) is 0 Å². The predicted molar refractivity (Wildman–Crippen MR) is 89.8 cm³/mol. The fraction of sp³-hybridized carbons (Fsp3) is 0.647. The van der Waals surface area contributed by atoms with Gasteiger partial charge < -0.3 is 4.74 Å². The maximum absolute atomic E-state index is 13.9. The lowest BCUT2D eigenvalue weighted by Gasteiger charge is -2.47. The van der Waals surface area contributed by atoms with Crippen LogP contribution in [0.25, 0.3) is 0 Å². The third kappa shape index (κ3) is 3.35. The monoisotopic (exact) mass is 356 g/mol. The molecule has 2 fully saturated rings. The Morgan fingerprint density at radius 3 is 2.46 bits per heavy atom. The van der Waals surface area contributed by atoms with Crippen LogP contribution in [-0.2, 0) is 14.8 Å². The van der Waals surface area contributed by atoms with Gasteiger partial charge in [-0.15, -0.1) is 0 Å². The van der Waals surface area contributed by atoms with Crippen molar-refractivity contribution in [2.45, 2.75) is 49.1 Å². The normalized spacial score (nSPS) is 23.2. The zero-order valence-electron chi connectivity index (χ0n) is 14.0. The van der Waals surface area contributed by atoms with Crippen LogP contribution < -0.4 is 4.72 Å². The Hall–Kier alpha value is -1.02. The van der Waals surface area contributed by atoms with Gasteiger partial charge in [0.2, 0.25) is 10.0 Å². The first-order chi connectivity index (χ1) is 11.5. The first-order valence-electron chi connectivity index (χ1n) is 8.55. The van der Waals surface area contributed by atoms with Crippen LogP contribution in [-0.4, -0.2) is 51.2 Å². The molecule has 1 atom stereocenters. The van der Waals surface area contributed by atoms with E-state index in [0.29, 0.717) is 13.2 Å². The molecule has 3 rings (SSSR count). The quantitative estimate of drug-likeness (QED) is 0.878. The Labute approximate surface area is 143 Å². The van der Waals surface area contributed by atoms with Crippen molar-refractivity contribution in [3.63, 3.8) is 0 Å². The van der Waals surface area contributed by atoms with E-state index in [-0.39, 0.29) is 16.5 Å². The third-order valence-corrected chi connectivity index (χ3v) is 6.95. The van der Waals surface area contributed by atoms with Crippen LogP contribution in [0.3, 0.4) is 0 Å². The SMILES string of the molecule is C[C@H](NS(=O)(=O)c1ccccc1F)C1(N2CCOCC2)CCCC1. The summed E-state index contributed by atoms with van der Waals surface area (Å²) in [5, 5.41) is 0. The highest BCUT2D eigenvalue weighted by atomic mass is 32.2. The molecule has 1 N–H and O–H groups in total. The van der Waals surface area contributed by atoms with E-state index in [1.165, 1.54) is 24.3 Å². The summed E-state index contributed by atoms with van der Waals surface area (Å²) in [6.45, 7) is 4.87. The molecule has 1 heterocycles. The van der Waals surface area contributed by atoms with Gasteiger partial charge in [0.15, 0.2) is 0 Å². The van der Waals surface area contributed by atoms with Gasteiger partial charge in [0.05, 0.1) is 13.2 Å². The molecule has 1 aromatic rings. The summed E-state index contributed by atoms with van der Waals surface area (Å²) in [7, 11) is -3.89. The minimum Gasteiger partial charge on any atom is -0.379 e. The van der Waals surface area contributed by atoms with Gasteiger partial charge in [0.25, 0.3) is 0 Å². The topological polar surface area (TPSA) is 58.6 Å².